The third-order valence-corrected chi connectivity index (χ3v) is 5.49. The molecule has 9 heteroatoms. The standard InChI is InChI=1S/C28H33N3O6/c1-4-35-28(34)22-9-6-11-24(20-22)37-17-15-31(3)26-13-7-12-25(29-26)30(2)14-16-36-23-10-5-8-21(18-23)19-27(32)33/h5-13,18,20H,4,14-17,19H2,1-3H3,(H,32,33). The highest BCUT2D eigenvalue weighted by atomic mass is 16.5. The number of carboxylic acid groups (broad SMARTS) is 1. The van der Waals surface area contributed by atoms with Crippen molar-refractivity contribution >= 4 is 23.6 Å². The fourth-order valence-electron chi connectivity index (χ4n) is 3.51. The van der Waals surface area contributed by atoms with Crippen LogP contribution in [0.4, 0.5) is 11.6 Å². The number of pyridine rings is 1. The lowest BCUT2D eigenvalue weighted by Gasteiger charge is -2.22. The highest BCUT2D eigenvalue weighted by Crippen LogP contribution is 2.18. The highest BCUT2D eigenvalue weighted by Gasteiger charge is 2.10. The van der Waals surface area contributed by atoms with Gasteiger partial charge in [-0.2, -0.15) is 0 Å². The van der Waals surface area contributed by atoms with Crippen LogP contribution in [-0.2, 0) is 16.0 Å². The molecular formula is C28H33N3O6. The van der Waals surface area contributed by atoms with Crippen LogP contribution in [0.3, 0.4) is 0 Å². The molecule has 0 atom stereocenters. The van der Waals surface area contributed by atoms with Gasteiger partial charge in [-0.15, -0.1) is 0 Å². The number of nitrogens with zero attached hydrogens (tertiary/aromatic N) is 3. The summed E-state index contributed by atoms with van der Waals surface area (Å²) < 4.78 is 16.7. The molecule has 0 saturated heterocycles. The van der Waals surface area contributed by atoms with Crippen LogP contribution in [0.25, 0.3) is 0 Å². The molecule has 1 heterocycles. The van der Waals surface area contributed by atoms with E-state index >= 15 is 0 Å². The number of benzene rings is 2. The molecule has 0 aliphatic heterocycles. The van der Waals surface area contributed by atoms with Crippen molar-refractivity contribution in [1.82, 2.24) is 4.98 Å². The molecule has 3 aromatic rings. The molecule has 0 aliphatic rings. The summed E-state index contributed by atoms with van der Waals surface area (Å²) in [6.07, 6.45) is -0.0354. The zero-order valence-electron chi connectivity index (χ0n) is 21.4. The van der Waals surface area contributed by atoms with Crippen LogP contribution in [0.15, 0.2) is 66.7 Å². The summed E-state index contributed by atoms with van der Waals surface area (Å²) in [4.78, 5) is 31.6. The van der Waals surface area contributed by atoms with Crippen LogP contribution in [0, 0.1) is 0 Å². The Balaban J connectivity index is 1.48. The summed E-state index contributed by atoms with van der Waals surface area (Å²) in [6.45, 7) is 4.13. The Labute approximate surface area is 217 Å². The van der Waals surface area contributed by atoms with E-state index in [-0.39, 0.29) is 12.4 Å². The molecule has 37 heavy (non-hydrogen) atoms. The van der Waals surface area contributed by atoms with Crippen molar-refractivity contribution in [1.29, 1.82) is 0 Å². The van der Waals surface area contributed by atoms with Gasteiger partial charge in [-0.25, -0.2) is 9.78 Å². The van der Waals surface area contributed by atoms with E-state index in [1.807, 2.05) is 48.2 Å². The first-order valence-corrected chi connectivity index (χ1v) is 12.1. The SMILES string of the molecule is CCOC(=O)c1cccc(OCCN(C)c2cccc(N(C)CCOc3cccc(CC(=O)O)c3)n2)c1. The first-order chi connectivity index (χ1) is 17.9. The summed E-state index contributed by atoms with van der Waals surface area (Å²) >= 11 is 0. The van der Waals surface area contributed by atoms with E-state index in [0.717, 1.165) is 11.6 Å². The Bertz CT molecular complexity index is 1190. The minimum Gasteiger partial charge on any atom is -0.492 e. The molecule has 9 nitrogen and oxygen atoms in total. The Morgan fingerprint density at radius 3 is 2.00 bits per heavy atom. The van der Waals surface area contributed by atoms with Crippen molar-refractivity contribution in [3.8, 4) is 11.5 Å². The minimum absolute atomic E-state index is 0.0354. The molecule has 0 saturated carbocycles. The Morgan fingerprint density at radius 1 is 0.838 bits per heavy atom. The van der Waals surface area contributed by atoms with Crippen molar-refractivity contribution in [2.45, 2.75) is 13.3 Å². The molecule has 0 amide bonds. The van der Waals surface area contributed by atoms with Crippen LogP contribution in [-0.4, -0.2) is 69.0 Å². The molecule has 0 unspecified atom stereocenters. The number of carbonyl (C=O) groups excluding carboxylic acids is 1. The van der Waals surface area contributed by atoms with Gasteiger partial charge in [-0.05, 0) is 55.0 Å². The van der Waals surface area contributed by atoms with Gasteiger partial charge >= 0.3 is 11.9 Å². The molecule has 3 rings (SSSR count). The number of rotatable bonds is 14. The first-order valence-electron chi connectivity index (χ1n) is 12.1. The number of aromatic nitrogens is 1. The van der Waals surface area contributed by atoms with Gasteiger partial charge < -0.3 is 29.1 Å². The molecular weight excluding hydrogens is 474 g/mol. The van der Waals surface area contributed by atoms with Crippen LogP contribution in [0.5, 0.6) is 11.5 Å². The Morgan fingerprint density at radius 2 is 1.41 bits per heavy atom. The number of esters is 1. The predicted molar refractivity (Wildman–Crippen MR) is 142 cm³/mol. The fourth-order valence-corrected chi connectivity index (χ4v) is 3.51. The number of anilines is 2. The van der Waals surface area contributed by atoms with Crippen LogP contribution < -0.4 is 19.3 Å². The highest BCUT2D eigenvalue weighted by molar-refractivity contribution is 5.89. The second-order valence-corrected chi connectivity index (χ2v) is 8.36. The maximum atomic E-state index is 11.9. The van der Waals surface area contributed by atoms with Gasteiger partial charge in [0.15, 0.2) is 0 Å². The van der Waals surface area contributed by atoms with Crippen LogP contribution in [0.2, 0.25) is 0 Å². The summed E-state index contributed by atoms with van der Waals surface area (Å²) in [7, 11) is 3.88. The summed E-state index contributed by atoms with van der Waals surface area (Å²) in [6, 6.07) is 19.9. The number of carbonyl (C=O) groups is 2. The number of hydrogen-bond acceptors (Lipinski definition) is 8. The quantitative estimate of drug-likeness (QED) is 0.325. The average Bonchev–Trinajstić information content (AvgIpc) is 2.89. The topological polar surface area (TPSA) is 101 Å². The second-order valence-electron chi connectivity index (χ2n) is 8.36. The molecule has 2 aromatic carbocycles. The summed E-state index contributed by atoms with van der Waals surface area (Å²) in [5, 5.41) is 8.96. The van der Waals surface area contributed by atoms with E-state index in [1.165, 1.54) is 0 Å². The number of likely N-dealkylation sites (N-methyl/N-ethyl adjacent to an activating group) is 2. The van der Waals surface area contributed by atoms with E-state index in [0.29, 0.717) is 55.5 Å². The first kappa shape index (κ1) is 27.3. The van der Waals surface area contributed by atoms with Gasteiger partial charge in [0, 0.05) is 14.1 Å². The van der Waals surface area contributed by atoms with Crippen molar-refractivity contribution in [2.75, 3.05) is 56.8 Å². The molecule has 1 N–H and O–H groups in total. The number of aliphatic carboxylic acids is 1. The van der Waals surface area contributed by atoms with Gasteiger partial charge in [0.25, 0.3) is 0 Å². The molecule has 0 radical (unpaired) electrons. The Kier molecular flexibility index (Phi) is 10.1. The van der Waals surface area contributed by atoms with Gasteiger partial charge in [-0.1, -0.05) is 24.3 Å². The monoisotopic (exact) mass is 507 g/mol. The Hall–Kier alpha value is -4.27. The third kappa shape index (κ3) is 8.71. The normalized spacial score (nSPS) is 10.5. The lowest BCUT2D eigenvalue weighted by molar-refractivity contribution is -0.136. The lowest BCUT2D eigenvalue weighted by Crippen LogP contribution is -2.27. The smallest absolute Gasteiger partial charge is 0.338 e. The summed E-state index contributed by atoms with van der Waals surface area (Å²) in [5.74, 6) is 1.61. The average molecular weight is 508 g/mol. The largest absolute Gasteiger partial charge is 0.492 e. The third-order valence-electron chi connectivity index (χ3n) is 5.49. The molecule has 0 spiro atoms. The van der Waals surface area contributed by atoms with E-state index in [1.54, 1.807) is 49.4 Å². The molecule has 0 bridgehead atoms. The number of ether oxygens (including phenoxy) is 3. The van der Waals surface area contributed by atoms with Gasteiger partial charge in [0.05, 0.1) is 31.7 Å². The predicted octanol–water partition coefficient (Wildman–Crippen LogP) is 3.92. The zero-order chi connectivity index (χ0) is 26.6. The van der Waals surface area contributed by atoms with Crippen molar-refractivity contribution in [2.24, 2.45) is 0 Å². The molecule has 0 aliphatic carbocycles. The second kappa shape index (κ2) is 13.7. The van der Waals surface area contributed by atoms with Gasteiger partial charge in [0.1, 0.15) is 36.3 Å². The number of carboxylic acids is 1. The molecule has 0 fully saturated rings. The minimum atomic E-state index is -0.873. The number of hydrogen-bond donors (Lipinski definition) is 1. The zero-order valence-corrected chi connectivity index (χ0v) is 21.4. The van der Waals surface area contributed by atoms with Gasteiger partial charge in [-0.3, -0.25) is 4.79 Å². The van der Waals surface area contributed by atoms with Gasteiger partial charge in [0.2, 0.25) is 0 Å². The van der Waals surface area contributed by atoms with E-state index in [2.05, 4.69) is 0 Å². The molecule has 1 aromatic heterocycles. The van der Waals surface area contributed by atoms with Crippen LogP contribution in [0.1, 0.15) is 22.8 Å². The maximum absolute atomic E-state index is 11.9. The molecule has 196 valence electrons. The van der Waals surface area contributed by atoms with Crippen molar-refractivity contribution in [3.63, 3.8) is 0 Å². The summed E-state index contributed by atoms with van der Waals surface area (Å²) in [5.41, 5.74) is 1.16. The van der Waals surface area contributed by atoms with E-state index in [4.69, 9.17) is 24.3 Å². The lowest BCUT2D eigenvalue weighted by atomic mass is 10.1. The van der Waals surface area contributed by atoms with Crippen molar-refractivity contribution in [3.05, 3.63) is 77.9 Å². The fraction of sp³-hybridized carbons (Fsp3) is 0.321. The van der Waals surface area contributed by atoms with Crippen LogP contribution >= 0.6 is 0 Å². The van der Waals surface area contributed by atoms with Crippen molar-refractivity contribution < 1.29 is 28.9 Å². The van der Waals surface area contributed by atoms with E-state index < -0.39 is 5.97 Å². The van der Waals surface area contributed by atoms with E-state index in [9.17, 15) is 9.59 Å². The maximum Gasteiger partial charge on any atom is 0.338 e.